The highest BCUT2D eigenvalue weighted by Crippen LogP contribution is 2.32. The highest BCUT2D eigenvalue weighted by atomic mass is 16.7. The van der Waals surface area contributed by atoms with Gasteiger partial charge in [-0.05, 0) is 13.3 Å². The van der Waals surface area contributed by atoms with E-state index in [1.807, 2.05) is 0 Å². The molecular formula is C18H32O13. The van der Waals surface area contributed by atoms with Gasteiger partial charge in [-0.25, -0.2) is 0 Å². The molecule has 13 heteroatoms. The van der Waals surface area contributed by atoms with Gasteiger partial charge >= 0.3 is 5.97 Å². The molecule has 0 aromatic rings. The van der Waals surface area contributed by atoms with Gasteiger partial charge in [0.2, 0.25) is 0 Å². The minimum Gasteiger partial charge on any atom is -0.466 e. The summed E-state index contributed by atoms with van der Waals surface area (Å²) in [6, 6.07) is 0. The standard InChI is InChI=1S/C18H32O13/c1-2-28-17(27)7(3-4-19)15-12(24)13(25)16(9(6-21)29-15)31-18-14(26)11(23)10(22)8(5-20)30-18/h7-16,18-26H,2-6H2,1H3/t7?,8-,9-,10+,11+,12-,13-,14-,15?,16-,18?/m1/s1. The van der Waals surface area contributed by atoms with Crippen molar-refractivity contribution in [2.24, 2.45) is 5.92 Å². The van der Waals surface area contributed by atoms with E-state index in [0.29, 0.717) is 0 Å². The van der Waals surface area contributed by atoms with Gasteiger partial charge in [-0.15, -0.1) is 0 Å². The first-order valence-electron chi connectivity index (χ1n) is 10.1. The molecule has 2 aliphatic heterocycles. The van der Waals surface area contributed by atoms with Crippen LogP contribution in [-0.4, -0.2) is 134 Å². The third-order valence-electron chi connectivity index (χ3n) is 5.47. The van der Waals surface area contributed by atoms with Crippen molar-refractivity contribution in [3.8, 4) is 0 Å². The molecule has 31 heavy (non-hydrogen) atoms. The second-order valence-corrected chi connectivity index (χ2v) is 7.47. The Kier molecular flexibility index (Phi) is 9.98. The molecular weight excluding hydrogens is 424 g/mol. The average Bonchev–Trinajstić information content (AvgIpc) is 2.76. The fraction of sp³-hybridized carbons (Fsp3) is 0.944. The van der Waals surface area contributed by atoms with Gasteiger partial charge in [0.25, 0.3) is 0 Å². The molecule has 3 unspecified atom stereocenters. The number of carbonyl (C=O) groups is 1. The van der Waals surface area contributed by atoms with Crippen molar-refractivity contribution in [1.29, 1.82) is 0 Å². The monoisotopic (exact) mass is 456 g/mol. The highest BCUT2D eigenvalue weighted by molar-refractivity contribution is 5.73. The summed E-state index contributed by atoms with van der Waals surface area (Å²) in [5, 5.41) is 79.3. The van der Waals surface area contributed by atoms with E-state index in [1.165, 1.54) is 0 Å². The highest BCUT2D eigenvalue weighted by Gasteiger charge is 2.52. The average molecular weight is 456 g/mol. The molecule has 182 valence electrons. The second kappa shape index (κ2) is 11.8. The first-order valence-corrected chi connectivity index (χ1v) is 10.1. The minimum atomic E-state index is -1.78. The van der Waals surface area contributed by atoms with Crippen molar-refractivity contribution in [3.05, 3.63) is 0 Å². The molecule has 2 fully saturated rings. The zero-order chi connectivity index (χ0) is 23.3. The first kappa shape index (κ1) is 26.3. The molecule has 8 N–H and O–H groups in total. The van der Waals surface area contributed by atoms with E-state index in [9.17, 15) is 45.6 Å². The number of ether oxygens (including phenoxy) is 4. The number of aliphatic hydroxyl groups excluding tert-OH is 8. The van der Waals surface area contributed by atoms with E-state index in [4.69, 9.17) is 18.9 Å². The van der Waals surface area contributed by atoms with Crippen LogP contribution in [-0.2, 0) is 23.7 Å². The van der Waals surface area contributed by atoms with Crippen molar-refractivity contribution in [3.63, 3.8) is 0 Å². The number of rotatable bonds is 9. The summed E-state index contributed by atoms with van der Waals surface area (Å²) in [5.41, 5.74) is 0. The Balaban J connectivity index is 2.19. The second-order valence-electron chi connectivity index (χ2n) is 7.47. The van der Waals surface area contributed by atoms with Gasteiger partial charge in [0.05, 0.1) is 25.7 Å². The number of carbonyl (C=O) groups excluding carboxylic acids is 1. The SMILES string of the molecule is CCOC(=O)C(CCO)C1O[C@H](CO)[C@@H](OC2O[C@H](CO)[C@H](O)[C@H](O)[C@H]2O)[C@H](O)[C@H]1O. The Bertz CT molecular complexity index is 559. The van der Waals surface area contributed by atoms with Crippen LogP contribution in [0.3, 0.4) is 0 Å². The van der Waals surface area contributed by atoms with Crippen molar-refractivity contribution in [2.75, 3.05) is 26.4 Å². The van der Waals surface area contributed by atoms with E-state index in [2.05, 4.69) is 0 Å². The fourth-order valence-electron chi connectivity index (χ4n) is 3.76. The molecule has 0 aromatic carbocycles. The van der Waals surface area contributed by atoms with E-state index < -0.39 is 92.9 Å². The molecule has 2 saturated heterocycles. The van der Waals surface area contributed by atoms with Crippen LogP contribution in [0.5, 0.6) is 0 Å². The van der Waals surface area contributed by atoms with Gasteiger partial charge < -0.3 is 59.8 Å². The van der Waals surface area contributed by atoms with Crippen molar-refractivity contribution in [2.45, 2.75) is 74.6 Å². The number of esters is 1. The van der Waals surface area contributed by atoms with Gasteiger partial charge in [0, 0.05) is 6.61 Å². The Labute approximate surface area is 178 Å². The molecule has 13 nitrogen and oxygen atoms in total. The predicted octanol–water partition coefficient (Wildman–Crippen LogP) is -4.79. The molecule has 2 rings (SSSR count). The van der Waals surface area contributed by atoms with Crippen LogP contribution in [0.15, 0.2) is 0 Å². The zero-order valence-corrected chi connectivity index (χ0v) is 17.0. The van der Waals surface area contributed by atoms with Gasteiger partial charge in [-0.1, -0.05) is 0 Å². The third-order valence-corrected chi connectivity index (χ3v) is 5.47. The van der Waals surface area contributed by atoms with Crippen molar-refractivity contribution < 1.29 is 64.6 Å². The predicted molar refractivity (Wildman–Crippen MR) is 98.2 cm³/mol. The lowest BCUT2D eigenvalue weighted by molar-refractivity contribution is -0.343. The molecule has 2 aliphatic rings. The maximum atomic E-state index is 12.2. The molecule has 0 saturated carbocycles. The summed E-state index contributed by atoms with van der Waals surface area (Å²) in [6.07, 6.45) is -15.8. The number of hydrogen-bond donors (Lipinski definition) is 8. The maximum Gasteiger partial charge on any atom is 0.311 e. The lowest BCUT2D eigenvalue weighted by Crippen LogP contribution is -2.65. The van der Waals surface area contributed by atoms with Crippen LogP contribution in [0.25, 0.3) is 0 Å². The summed E-state index contributed by atoms with van der Waals surface area (Å²) in [4.78, 5) is 12.2. The molecule has 0 aliphatic carbocycles. The lowest BCUT2D eigenvalue weighted by Gasteiger charge is -2.47. The Morgan fingerprint density at radius 1 is 0.871 bits per heavy atom. The quantitative estimate of drug-likeness (QED) is 0.153. The maximum absolute atomic E-state index is 12.2. The van der Waals surface area contributed by atoms with Gasteiger partial charge in [0.1, 0.15) is 54.9 Å². The molecule has 0 amide bonds. The molecule has 0 radical (unpaired) electrons. The summed E-state index contributed by atoms with van der Waals surface area (Å²) >= 11 is 0. The van der Waals surface area contributed by atoms with Crippen LogP contribution in [0.1, 0.15) is 13.3 Å². The van der Waals surface area contributed by atoms with Crippen LogP contribution >= 0.6 is 0 Å². The molecule has 2 heterocycles. The summed E-state index contributed by atoms with van der Waals surface area (Å²) in [7, 11) is 0. The van der Waals surface area contributed by atoms with Gasteiger partial charge in [0.15, 0.2) is 6.29 Å². The van der Waals surface area contributed by atoms with E-state index in [0.717, 1.165) is 0 Å². The third kappa shape index (κ3) is 5.69. The first-order chi connectivity index (χ1) is 14.7. The van der Waals surface area contributed by atoms with Gasteiger partial charge in [-0.3, -0.25) is 4.79 Å². The number of aliphatic hydroxyl groups is 8. The molecule has 0 spiro atoms. The van der Waals surface area contributed by atoms with Crippen LogP contribution < -0.4 is 0 Å². The Morgan fingerprint density at radius 3 is 2.06 bits per heavy atom. The van der Waals surface area contributed by atoms with Crippen LogP contribution in [0.4, 0.5) is 0 Å². The van der Waals surface area contributed by atoms with Crippen LogP contribution in [0.2, 0.25) is 0 Å². The van der Waals surface area contributed by atoms with Crippen molar-refractivity contribution in [1.82, 2.24) is 0 Å². The fourth-order valence-corrected chi connectivity index (χ4v) is 3.76. The largest absolute Gasteiger partial charge is 0.466 e. The smallest absolute Gasteiger partial charge is 0.311 e. The molecule has 0 bridgehead atoms. The zero-order valence-electron chi connectivity index (χ0n) is 17.0. The summed E-state index contributed by atoms with van der Waals surface area (Å²) in [6.45, 7) is -0.247. The molecule has 0 aromatic heterocycles. The van der Waals surface area contributed by atoms with Gasteiger partial charge in [-0.2, -0.15) is 0 Å². The van der Waals surface area contributed by atoms with Crippen molar-refractivity contribution >= 4 is 5.97 Å². The van der Waals surface area contributed by atoms with E-state index in [1.54, 1.807) is 6.92 Å². The van der Waals surface area contributed by atoms with E-state index >= 15 is 0 Å². The minimum absolute atomic E-state index is 0.0401. The Hall–Kier alpha value is -0.970. The summed E-state index contributed by atoms with van der Waals surface area (Å²) < 4.78 is 21.2. The van der Waals surface area contributed by atoms with E-state index in [-0.39, 0.29) is 13.0 Å². The summed E-state index contributed by atoms with van der Waals surface area (Å²) in [5.74, 6) is -1.91. The van der Waals surface area contributed by atoms with Crippen LogP contribution in [0, 0.1) is 5.92 Å². The lowest BCUT2D eigenvalue weighted by atomic mass is 9.86. The normalized spacial score (nSPS) is 42.2. The topological polar surface area (TPSA) is 216 Å². The number of hydrogen-bond acceptors (Lipinski definition) is 13. The Morgan fingerprint density at radius 2 is 1.52 bits per heavy atom. The molecule has 11 atom stereocenters.